The minimum absolute atomic E-state index is 0.216. The first-order valence-corrected chi connectivity index (χ1v) is 14.3. The van der Waals surface area contributed by atoms with Gasteiger partial charge in [0, 0.05) is 29.6 Å². The number of hydrogen-bond donors (Lipinski definition) is 3. The van der Waals surface area contributed by atoms with Gasteiger partial charge in [0.05, 0.1) is 35.6 Å². The van der Waals surface area contributed by atoms with Gasteiger partial charge in [-0.1, -0.05) is 38.0 Å². The summed E-state index contributed by atoms with van der Waals surface area (Å²) in [7, 11) is -1.70. The second-order valence-electron chi connectivity index (χ2n) is 8.67. The van der Waals surface area contributed by atoms with E-state index in [2.05, 4.69) is 16.5 Å². The van der Waals surface area contributed by atoms with Crippen LogP contribution in [0.3, 0.4) is 0 Å². The molecule has 3 rings (SSSR count). The smallest absolute Gasteiger partial charge is 0.315 e. The van der Waals surface area contributed by atoms with Crippen molar-refractivity contribution in [1.29, 1.82) is 0 Å². The molecule has 0 aliphatic carbocycles. The molecule has 0 saturated heterocycles. The van der Waals surface area contributed by atoms with E-state index in [0.717, 1.165) is 30.5 Å². The van der Waals surface area contributed by atoms with Crippen LogP contribution in [0.25, 0.3) is 0 Å². The predicted molar refractivity (Wildman–Crippen MR) is 141 cm³/mol. The normalized spacial score (nSPS) is 20.2. The van der Waals surface area contributed by atoms with Gasteiger partial charge < -0.3 is 14.4 Å². The molecule has 3 N–H and O–H groups in total. The van der Waals surface area contributed by atoms with Crippen molar-refractivity contribution < 1.29 is 23.4 Å². The Labute approximate surface area is 208 Å². The fourth-order valence-corrected chi connectivity index (χ4v) is 6.71. The van der Waals surface area contributed by atoms with E-state index >= 15 is 0 Å². The van der Waals surface area contributed by atoms with E-state index in [9.17, 15) is 13.9 Å². The first-order valence-electron chi connectivity index (χ1n) is 11.6. The van der Waals surface area contributed by atoms with E-state index in [4.69, 9.17) is 9.47 Å². The van der Waals surface area contributed by atoms with Crippen LogP contribution in [0.4, 0.5) is 11.4 Å². The molecular formula is C25H36N2O5S2. The van der Waals surface area contributed by atoms with Crippen LogP contribution in [0, 0.1) is 0 Å². The van der Waals surface area contributed by atoms with Crippen LogP contribution in [0.2, 0.25) is 0 Å². The number of para-hydroxylation sites is 1. The maximum Gasteiger partial charge on any atom is 0.315 e. The number of carbonyl (C=O) groups excluding carboxylic acids is 1. The number of ether oxygens (including phenoxy) is 2. The Balaban J connectivity index is 2.05. The first kappa shape index (κ1) is 26.7. The average molecular weight is 509 g/mol. The summed E-state index contributed by atoms with van der Waals surface area (Å²) in [5.74, 6) is 1.06. The zero-order valence-corrected chi connectivity index (χ0v) is 22.0. The highest BCUT2D eigenvalue weighted by Gasteiger charge is 2.39. The highest BCUT2D eigenvalue weighted by Crippen LogP contribution is 2.56. The average Bonchev–Trinajstić information content (AvgIpc) is 2.89. The van der Waals surface area contributed by atoms with Gasteiger partial charge in [0.15, 0.2) is 0 Å². The van der Waals surface area contributed by atoms with Gasteiger partial charge in [-0.3, -0.25) is 13.9 Å². The Morgan fingerprint density at radius 3 is 2.62 bits per heavy atom. The van der Waals surface area contributed by atoms with Crippen molar-refractivity contribution in [3.63, 3.8) is 0 Å². The Morgan fingerprint density at radius 2 is 1.97 bits per heavy atom. The lowest BCUT2D eigenvalue weighted by molar-refractivity contribution is -0.139. The number of thioether (sulfide) groups is 1. The summed E-state index contributed by atoms with van der Waals surface area (Å²) in [5.41, 5.74) is 1.95. The lowest BCUT2D eigenvalue weighted by atomic mass is 9.95. The molecule has 1 aliphatic heterocycles. The van der Waals surface area contributed by atoms with Crippen molar-refractivity contribution in [2.75, 3.05) is 30.9 Å². The lowest BCUT2D eigenvalue weighted by Crippen LogP contribution is -2.49. The van der Waals surface area contributed by atoms with Gasteiger partial charge in [0.2, 0.25) is 0 Å². The molecule has 0 fully saturated rings. The van der Waals surface area contributed by atoms with Crippen molar-refractivity contribution in [1.82, 2.24) is 4.72 Å². The van der Waals surface area contributed by atoms with Crippen LogP contribution in [0.1, 0.15) is 45.6 Å². The van der Waals surface area contributed by atoms with E-state index in [0.29, 0.717) is 35.2 Å². The van der Waals surface area contributed by atoms with Crippen molar-refractivity contribution in [2.45, 2.75) is 56.2 Å². The van der Waals surface area contributed by atoms with Crippen LogP contribution in [0.15, 0.2) is 47.4 Å². The molecule has 1 unspecified atom stereocenters. The van der Waals surface area contributed by atoms with Crippen LogP contribution in [-0.4, -0.2) is 46.6 Å². The van der Waals surface area contributed by atoms with Gasteiger partial charge in [-0.15, -0.1) is 22.5 Å². The summed E-state index contributed by atoms with van der Waals surface area (Å²) >= 11 is 1.41. The zero-order valence-electron chi connectivity index (χ0n) is 20.4. The number of esters is 1. The van der Waals surface area contributed by atoms with E-state index < -0.39 is 16.3 Å². The topological polar surface area (TPSA) is 91.3 Å². The quantitative estimate of drug-likeness (QED) is 0.327. The number of nitrogens with zero attached hydrogens (tertiary/aromatic N) is 1. The van der Waals surface area contributed by atoms with Crippen LogP contribution in [0.5, 0.6) is 5.75 Å². The highest BCUT2D eigenvalue weighted by molar-refractivity contribution is 8.22. The van der Waals surface area contributed by atoms with E-state index in [1.807, 2.05) is 43.3 Å². The molecule has 0 radical (unpaired) electrons. The molecule has 188 valence electrons. The summed E-state index contributed by atoms with van der Waals surface area (Å²) in [5, 5.41) is 0. The summed E-state index contributed by atoms with van der Waals surface area (Å²) in [6.45, 7) is 6.88. The van der Waals surface area contributed by atoms with Crippen molar-refractivity contribution in [3.8, 4) is 5.75 Å². The second kappa shape index (κ2) is 11.7. The second-order valence-corrected chi connectivity index (χ2v) is 11.4. The Kier molecular flexibility index (Phi) is 9.17. The van der Waals surface area contributed by atoms with Crippen LogP contribution >= 0.6 is 22.5 Å². The molecule has 1 heterocycles. The molecule has 34 heavy (non-hydrogen) atoms. The zero-order chi connectivity index (χ0) is 24.8. The molecule has 1 atom stereocenters. The number of fused-ring (bicyclic) bond motifs is 1. The number of benzene rings is 2. The number of nitrogens with one attached hydrogen (secondary N) is 1. The predicted octanol–water partition coefficient (Wildman–Crippen LogP) is 6.21. The van der Waals surface area contributed by atoms with Crippen molar-refractivity contribution in [3.05, 3.63) is 48.0 Å². The molecule has 7 nitrogen and oxygen atoms in total. The minimum Gasteiger partial charge on any atom is -0.496 e. The third kappa shape index (κ3) is 6.40. The molecule has 1 aliphatic rings. The number of anilines is 2. The van der Waals surface area contributed by atoms with Gasteiger partial charge in [0.1, 0.15) is 5.75 Å². The molecule has 0 spiro atoms. The molecule has 2 aromatic carbocycles. The summed E-state index contributed by atoms with van der Waals surface area (Å²) < 4.78 is 36.6. The van der Waals surface area contributed by atoms with E-state index in [1.165, 1.54) is 11.8 Å². The molecule has 2 aromatic rings. The van der Waals surface area contributed by atoms with Crippen molar-refractivity contribution in [2.24, 2.45) is 0 Å². The van der Waals surface area contributed by atoms with Gasteiger partial charge in [-0.2, -0.15) is 0 Å². The number of carbonyl (C=O) groups is 1. The summed E-state index contributed by atoms with van der Waals surface area (Å²) in [6, 6.07) is 13.7. The summed E-state index contributed by atoms with van der Waals surface area (Å²) in [4.78, 5) is 14.3. The van der Waals surface area contributed by atoms with Gasteiger partial charge in [0.25, 0.3) is 0 Å². The maximum absolute atomic E-state index is 11.8. The molecular weight excluding hydrogens is 472 g/mol. The fraction of sp³-hybridized carbons (Fsp3) is 0.480. The molecule has 0 amide bonds. The van der Waals surface area contributed by atoms with Gasteiger partial charge in [-0.25, -0.2) is 4.72 Å². The SMILES string of the molecule is CCCCC1(C)CN(c2ccccc2)c2cc(OC)c(CSCC(=O)OCC)cc2S(O)(O)N1. The standard InChI is InChI=1S/C25H36N2O5S2/c1-5-7-13-25(3)18-27(20-11-9-8-10-12-20)21-15-22(31-4)19(14-23(21)34(29,30)26-25)16-33-17-24(28)32-6-2/h8-12,14-15,26,29-30H,5-7,13,16-18H2,1-4H3. The number of unbranched alkanes of at least 4 members (excludes halogenated alkanes) is 1. The van der Waals surface area contributed by atoms with Gasteiger partial charge >= 0.3 is 5.97 Å². The molecule has 0 bridgehead atoms. The van der Waals surface area contributed by atoms with E-state index in [1.54, 1.807) is 20.1 Å². The Bertz CT molecular complexity index is 973. The lowest BCUT2D eigenvalue weighted by Gasteiger charge is -2.40. The third-order valence-electron chi connectivity index (χ3n) is 5.79. The highest BCUT2D eigenvalue weighted by atomic mass is 32.3. The first-order chi connectivity index (χ1) is 16.2. The molecule has 0 saturated carbocycles. The van der Waals surface area contributed by atoms with Crippen LogP contribution < -0.4 is 14.4 Å². The molecule has 0 aromatic heterocycles. The summed E-state index contributed by atoms with van der Waals surface area (Å²) in [6.07, 6.45) is 2.79. The van der Waals surface area contributed by atoms with Crippen molar-refractivity contribution >= 4 is 39.9 Å². The third-order valence-corrected chi connectivity index (χ3v) is 8.46. The largest absolute Gasteiger partial charge is 0.496 e. The van der Waals surface area contributed by atoms with Gasteiger partial charge in [-0.05, 0) is 38.5 Å². The fourth-order valence-electron chi connectivity index (χ4n) is 4.18. The minimum atomic E-state index is -3.30. The number of methoxy groups -OCH3 is 1. The Morgan fingerprint density at radius 1 is 1.24 bits per heavy atom. The maximum atomic E-state index is 11.8. The number of hydrogen-bond acceptors (Lipinski definition) is 8. The number of rotatable bonds is 10. The molecule has 9 heteroatoms. The monoisotopic (exact) mass is 508 g/mol. The Hall–Kier alpha value is -1.91. The van der Waals surface area contributed by atoms with E-state index in [-0.39, 0.29) is 11.7 Å². The van der Waals surface area contributed by atoms with Crippen LogP contribution in [-0.2, 0) is 15.3 Å².